The number of guanidine groups is 1. The summed E-state index contributed by atoms with van der Waals surface area (Å²) in [5, 5.41) is 37.3. The molecule has 2 atom stereocenters. The van der Waals surface area contributed by atoms with Gasteiger partial charge >= 0.3 is 0 Å². The second kappa shape index (κ2) is 18.1. The van der Waals surface area contributed by atoms with Gasteiger partial charge in [-0.25, -0.2) is 0 Å². The topological polar surface area (TPSA) is 199 Å². The summed E-state index contributed by atoms with van der Waals surface area (Å²) in [4.78, 5) is 24.0. The third-order valence-electron chi connectivity index (χ3n) is 4.17. The highest BCUT2D eigenvalue weighted by Crippen LogP contribution is 2.04. The zero-order chi connectivity index (χ0) is 21.9. The quantitative estimate of drug-likeness (QED) is 0.0673. The number of amides is 2. The van der Waals surface area contributed by atoms with Gasteiger partial charge in [0.25, 0.3) is 0 Å². The predicted molar refractivity (Wildman–Crippen MR) is 112 cm³/mol. The molecule has 0 fully saturated rings. The van der Waals surface area contributed by atoms with Gasteiger partial charge in [0.1, 0.15) is 6.04 Å². The average Bonchev–Trinajstić information content (AvgIpc) is 2.67. The fourth-order valence-corrected chi connectivity index (χ4v) is 2.55. The SMILES string of the molecule is N=C(N)NCCCCC(O)CC(=O)N[C@@H](CO)C(=O)NCCCCNCCCN. The number of aliphatic hydroxyl groups is 2. The molecule has 0 aromatic heterocycles. The van der Waals surface area contributed by atoms with Crippen molar-refractivity contribution in [3.63, 3.8) is 0 Å². The first kappa shape index (κ1) is 27.0. The molecule has 0 aromatic rings. The number of carbonyl (C=O) groups excluding carboxylic acids is 2. The molecule has 29 heavy (non-hydrogen) atoms. The smallest absolute Gasteiger partial charge is 0.244 e. The van der Waals surface area contributed by atoms with Crippen molar-refractivity contribution in [2.75, 3.05) is 39.3 Å². The highest BCUT2D eigenvalue weighted by molar-refractivity contribution is 5.87. The summed E-state index contributed by atoms with van der Waals surface area (Å²) in [6, 6.07) is -1.03. The van der Waals surface area contributed by atoms with Crippen LogP contribution in [0.1, 0.15) is 44.9 Å². The number of nitrogens with two attached hydrogens (primary N) is 2. The number of hydrogen-bond donors (Lipinski definition) is 9. The number of nitrogens with one attached hydrogen (secondary N) is 5. The lowest BCUT2D eigenvalue weighted by atomic mass is 10.1. The molecule has 2 amide bonds. The summed E-state index contributed by atoms with van der Waals surface area (Å²) < 4.78 is 0. The van der Waals surface area contributed by atoms with Crippen LogP contribution in [0.4, 0.5) is 0 Å². The van der Waals surface area contributed by atoms with Crippen LogP contribution >= 0.6 is 0 Å². The molecular weight excluding hydrogens is 378 g/mol. The zero-order valence-corrected chi connectivity index (χ0v) is 17.2. The van der Waals surface area contributed by atoms with Crippen molar-refractivity contribution < 1.29 is 19.8 Å². The highest BCUT2D eigenvalue weighted by atomic mass is 16.3. The van der Waals surface area contributed by atoms with E-state index in [2.05, 4.69) is 21.3 Å². The molecule has 0 saturated carbocycles. The second-order valence-electron chi connectivity index (χ2n) is 6.89. The van der Waals surface area contributed by atoms with E-state index in [0.29, 0.717) is 38.9 Å². The average molecular weight is 418 g/mol. The van der Waals surface area contributed by atoms with Crippen molar-refractivity contribution in [2.24, 2.45) is 11.5 Å². The minimum Gasteiger partial charge on any atom is -0.394 e. The van der Waals surface area contributed by atoms with Crippen molar-refractivity contribution in [3.05, 3.63) is 0 Å². The molecule has 11 N–H and O–H groups in total. The van der Waals surface area contributed by atoms with Crippen molar-refractivity contribution in [1.29, 1.82) is 5.41 Å². The van der Waals surface area contributed by atoms with Gasteiger partial charge in [-0.1, -0.05) is 0 Å². The van der Waals surface area contributed by atoms with Crippen LogP contribution in [0.25, 0.3) is 0 Å². The Balaban J connectivity index is 3.90. The Morgan fingerprint density at radius 2 is 1.59 bits per heavy atom. The van der Waals surface area contributed by atoms with Crippen LogP contribution < -0.4 is 32.7 Å². The van der Waals surface area contributed by atoms with Gasteiger partial charge in [-0.3, -0.25) is 15.0 Å². The van der Waals surface area contributed by atoms with E-state index in [0.717, 1.165) is 32.4 Å². The maximum Gasteiger partial charge on any atom is 0.244 e. The first-order valence-electron chi connectivity index (χ1n) is 10.2. The maximum atomic E-state index is 12.1. The van der Waals surface area contributed by atoms with Crippen LogP contribution in [0.3, 0.4) is 0 Å². The van der Waals surface area contributed by atoms with Gasteiger partial charge in [0.2, 0.25) is 11.8 Å². The summed E-state index contributed by atoms with van der Waals surface area (Å²) in [7, 11) is 0. The standard InChI is InChI=1S/C18H39N7O4/c19-7-5-9-22-8-3-4-10-23-17(29)15(13-26)25-16(28)12-14(27)6-1-2-11-24-18(20)21/h14-15,22,26-27H,1-13,19H2,(H,23,29)(H,25,28)(H4,20,21,24)/t14?,15-/m0/s1. The Labute approximate surface area is 172 Å². The van der Waals surface area contributed by atoms with Crippen LogP contribution in [0.2, 0.25) is 0 Å². The van der Waals surface area contributed by atoms with Gasteiger partial charge in [-0.15, -0.1) is 0 Å². The first-order valence-corrected chi connectivity index (χ1v) is 10.2. The Bertz CT molecular complexity index is 465. The maximum absolute atomic E-state index is 12.1. The molecule has 1 unspecified atom stereocenters. The summed E-state index contributed by atoms with van der Waals surface area (Å²) in [5.41, 5.74) is 10.6. The van der Waals surface area contributed by atoms with Crippen molar-refractivity contribution in [1.82, 2.24) is 21.3 Å². The highest BCUT2D eigenvalue weighted by Gasteiger charge is 2.20. The molecule has 0 aliphatic heterocycles. The summed E-state index contributed by atoms with van der Waals surface area (Å²) in [6.07, 6.45) is 3.43. The molecule has 0 aliphatic rings. The Morgan fingerprint density at radius 1 is 0.966 bits per heavy atom. The minimum absolute atomic E-state index is 0.0996. The monoisotopic (exact) mass is 417 g/mol. The molecule has 0 heterocycles. The Morgan fingerprint density at radius 3 is 2.24 bits per heavy atom. The van der Waals surface area contributed by atoms with Crippen molar-refractivity contribution in [3.8, 4) is 0 Å². The van der Waals surface area contributed by atoms with Crippen LogP contribution in [0.5, 0.6) is 0 Å². The fraction of sp³-hybridized carbons (Fsp3) is 0.833. The van der Waals surface area contributed by atoms with Gasteiger partial charge in [0.05, 0.1) is 19.1 Å². The largest absolute Gasteiger partial charge is 0.394 e. The molecule has 0 aromatic carbocycles. The normalized spacial score (nSPS) is 12.8. The lowest BCUT2D eigenvalue weighted by molar-refractivity contribution is -0.131. The van der Waals surface area contributed by atoms with Crippen molar-refractivity contribution in [2.45, 2.75) is 57.1 Å². The third-order valence-corrected chi connectivity index (χ3v) is 4.17. The third kappa shape index (κ3) is 16.7. The molecule has 0 spiro atoms. The number of aliphatic hydroxyl groups excluding tert-OH is 2. The first-order chi connectivity index (χ1) is 13.9. The van der Waals surface area contributed by atoms with Crippen LogP contribution in [-0.2, 0) is 9.59 Å². The molecule has 0 bridgehead atoms. The van der Waals surface area contributed by atoms with Gasteiger partial charge < -0.3 is 42.9 Å². The molecule has 11 nitrogen and oxygen atoms in total. The minimum atomic E-state index is -1.03. The lowest BCUT2D eigenvalue weighted by Gasteiger charge is -2.17. The summed E-state index contributed by atoms with van der Waals surface area (Å²) >= 11 is 0. The van der Waals surface area contributed by atoms with E-state index in [4.69, 9.17) is 16.9 Å². The van der Waals surface area contributed by atoms with Gasteiger partial charge in [0, 0.05) is 13.1 Å². The zero-order valence-electron chi connectivity index (χ0n) is 17.2. The fourth-order valence-electron chi connectivity index (χ4n) is 2.55. The van der Waals surface area contributed by atoms with E-state index in [1.807, 2.05) is 0 Å². The molecule has 0 rings (SSSR count). The van der Waals surface area contributed by atoms with Gasteiger partial charge in [-0.2, -0.15) is 0 Å². The molecular formula is C18H39N7O4. The number of hydrogen-bond acceptors (Lipinski definition) is 7. The molecule has 170 valence electrons. The van der Waals surface area contributed by atoms with Crippen LogP contribution in [-0.4, -0.2) is 79.5 Å². The number of rotatable bonds is 18. The van der Waals surface area contributed by atoms with E-state index in [1.54, 1.807) is 0 Å². The lowest BCUT2D eigenvalue weighted by Crippen LogP contribution is -2.49. The van der Waals surface area contributed by atoms with E-state index >= 15 is 0 Å². The second-order valence-corrected chi connectivity index (χ2v) is 6.89. The predicted octanol–water partition coefficient (Wildman–Crippen LogP) is -2.30. The molecule has 0 aliphatic carbocycles. The molecule has 0 radical (unpaired) electrons. The van der Waals surface area contributed by atoms with Gasteiger partial charge in [-0.05, 0) is 58.2 Å². The van der Waals surface area contributed by atoms with E-state index in [1.165, 1.54) is 0 Å². The van der Waals surface area contributed by atoms with Crippen LogP contribution in [0, 0.1) is 5.41 Å². The van der Waals surface area contributed by atoms with E-state index in [9.17, 15) is 19.8 Å². The Hall–Kier alpha value is -1.95. The summed E-state index contributed by atoms with van der Waals surface area (Å²) in [6.45, 7) is 2.87. The molecule has 0 saturated heterocycles. The Kier molecular flexibility index (Phi) is 16.9. The van der Waals surface area contributed by atoms with Crippen LogP contribution in [0.15, 0.2) is 0 Å². The number of unbranched alkanes of at least 4 members (excludes halogenated alkanes) is 2. The summed E-state index contributed by atoms with van der Waals surface area (Å²) in [5.74, 6) is -1.03. The van der Waals surface area contributed by atoms with E-state index in [-0.39, 0.29) is 12.4 Å². The van der Waals surface area contributed by atoms with Gasteiger partial charge in [0.15, 0.2) is 5.96 Å². The molecule has 11 heteroatoms. The number of carbonyl (C=O) groups is 2. The van der Waals surface area contributed by atoms with E-state index < -0.39 is 30.6 Å². The van der Waals surface area contributed by atoms with Crippen molar-refractivity contribution >= 4 is 17.8 Å².